The van der Waals surface area contributed by atoms with E-state index in [4.69, 9.17) is 24.5 Å². The molecule has 0 aliphatic carbocycles. The molecule has 194 valence electrons. The van der Waals surface area contributed by atoms with Crippen LogP contribution in [0.25, 0.3) is 31.8 Å². The average molecular weight is 538 g/mol. The van der Waals surface area contributed by atoms with Gasteiger partial charge in [-0.1, -0.05) is 12.1 Å². The summed E-state index contributed by atoms with van der Waals surface area (Å²) < 4.78 is 17.8. The minimum atomic E-state index is -0.536. The van der Waals surface area contributed by atoms with E-state index < -0.39 is 6.09 Å². The first kappa shape index (κ1) is 24.6. The normalized spacial score (nSPS) is 14.0. The largest absolute Gasteiger partial charge is 0.486 e. The van der Waals surface area contributed by atoms with Crippen LogP contribution in [0, 0.1) is 18.3 Å². The Kier molecular flexibility index (Phi) is 6.42. The van der Waals surface area contributed by atoms with Crippen LogP contribution in [-0.4, -0.2) is 40.9 Å². The number of benzene rings is 3. The van der Waals surface area contributed by atoms with Gasteiger partial charge in [-0.25, -0.2) is 19.7 Å². The van der Waals surface area contributed by atoms with E-state index in [0.29, 0.717) is 17.9 Å². The van der Waals surface area contributed by atoms with Gasteiger partial charge in [0.1, 0.15) is 23.5 Å². The molecule has 3 heterocycles. The first-order valence-electron chi connectivity index (χ1n) is 12.3. The molecule has 0 radical (unpaired) electrons. The van der Waals surface area contributed by atoms with Crippen molar-refractivity contribution in [1.29, 1.82) is 5.26 Å². The fourth-order valence-electron chi connectivity index (χ4n) is 4.64. The van der Waals surface area contributed by atoms with Gasteiger partial charge in [0, 0.05) is 24.1 Å². The summed E-state index contributed by atoms with van der Waals surface area (Å²) in [7, 11) is 1.57. The minimum Gasteiger partial charge on any atom is -0.486 e. The Morgan fingerprint density at radius 3 is 2.95 bits per heavy atom. The molecule has 1 N–H and O–H groups in total. The number of thiazole rings is 1. The van der Waals surface area contributed by atoms with Crippen LogP contribution in [0.1, 0.15) is 22.3 Å². The summed E-state index contributed by atoms with van der Waals surface area (Å²) in [6, 6.07) is 17.1. The molecule has 1 aliphatic rings. The highest BCUT2D eigenvalue weighted by Crippen LogP contribution is 2.41. The lowest BCUT2D eigenvalue weighted by atomic mass is 10.1. The van der Waals surface area contributed by atoms with Crippen LogP contribution in [0.5, 0.6) is 11.6 Å². The second-order valence-electron chi connectivity index (χ2n) is 9.21. The minimum absolute atomic E-state index is 0.117. The Hall–Kier alpha value is -4.75. The van der Waals surface area contributed by atoms with Gasteiger partial charge in [0.25, 0.3) is 0 Å². The topological polar surface area (TPSA) is 119 Å². The molecule has 6 rings (SSSR count). The molecular formula is C29H23N5O4S. The molecule has 0 bridgehead atoms. The summed E-state index contributed by atoms with van der Waals surface area (Å²) in [4.78, 5) is 26.3. The van der Waals surface area contributed by atoms with Crippen molar-refractivity contribution in [3.8, 4) is 28.3 Å². The third kappa shape index (κ3) is 4.92. The van der Waals surface area contributed by atoms with Crippen LogP contribution in [0.2, 0.25) is 0 Å². The van der Waals surface area contributed by atoms with E-state index in [1.165, 1.54) is 0 Å². The lowest BCUT2D eigenvalue weighted by Gasteiger charge is -2.12. The number of ether oxygens (including phenoxy) is 3. The first-order valence-corrected chi connectivity index (χ1v) is 13.1. The number of nitrogens with zero attached hydrogens (tertiary/aromatic N) is 4. The quantitative estimate of drug-likeness (QED) is 0.309. The number of amides is 1. The molecule has 0 saturated carbocycles. The van der Waals surface area contributed by atoms with Crippen LogP contribution in [0.15, 0.2) is 54.7 Å². The third-order valence-electron chi connectivity index (χ3n) is 6.44. The predicted octanol–water partition coefficient (Wildman–Crippen LogP) is 5.33. The molecule has 0 saturated heterocycles. The number of carbonyl (C=O) groups excluding carboxylic acids is 1. The monoisotopic (exact) mass is 537 g/mol. The molecule has 5 aromatic rings. The Morgan fingerprint density at radius 1 is 1.21 bits per heavy atom. The van der Waals surface area contributed by atoms with Crippen molar-refractivity contribution in [2.75, 3.05) is 13.7 Å². The van der Waals surface area contributed by atoms with Gasteiger partial charge in [-0.3, -0.25) is 0 Å². The molecule has 0 fully saturated rings. The van der Waals surface area contributed by atoms with Gasteiger partial charge in [0.05, 0.1) is 46.2 Å². The summed E-state index contributed by atoms with van der Waals surface area (Å²) in [5.74, 6) is 1.24. The van der Waals surface area contributed by atoms with Gasteiger partial charge < -0.3 is 19.5 Å². The van der Waals surface area contributed by atoms with Gasteiger partial charge in [0.2, 0.25) is 5.88 Å². The zero-order chi connectivity index (χ0) is 26.9. The van der Waals surface area contributed by atoms with Crippen molar-refractivity contribution < 1.29 is 19.0 Å². The number of aryl methyl sites for hydroxylation is 1. The van der Waals surface area contributed by atoms with Gasteiger partial charge in [-0.15, -0.1) is 11.3 Å². The van der Waals surface area contributed by atoms with Crippen molar-refractivity contribution >= 4 is 38.7 Å². The fraction of sp³-hybridized carbons (Fsp3) is 0.207. The summed E-state index contributed by atoms with van der Waals surface area (Å²) >= 11 is 1.59. The Bertz CT molecular complexity index is 1780. The van der Waals surface area contributed by atoms with E-state index in [2.05, 4.69) is 27.4 Å². The molecule has 3 aromatic carbocycles. The molecule has 0 unspecified atom stereocenters. The lowest BCUT2D eigenvalue weighted by molar-refractivity contribution is 0.0922. The van der Waals surface area contributed by atoms with E-state index in [9.17, 15) is 4.79 Å². The number of nitriles is 1. The van der Waals surface area contributed by atoms with E-state index in [0.717, 1.165) is 54.3 Å². The lowest BCUT2D eigenvalue weighted by Crippen LogP contribution is -2.29. The standard InChI is InChI=1S/C29H23N5O4S/c1-16-8-21(26-23(9-16)33-25(36-2)14-31-26)28-34-22-6-7-24-20(27(22)39-28)11-19(38-24)15-37-29(35)32-13-18-5-3-4-17(10-18)12-30/h3-10,14,19H,11,13,15H2,1-2H3,(H,32,35)/t19-/m0/s1. The van der Waals surface area contributed by atoms with Crippen molar-refractivity contribution in [3.63, 3.8) is 0 Å². The maximum atomic E-state index is 12.3. The van der Waals surface area contributed by atoms with Gasteiger partial charge >= 0.3 is 6.09 Å². The number of fused-ring (bicyclic) bond motifs is 4. The van der Waals surface area contributed by atoms with Crippen molar-refractivity contribution in [2.24, 2.45) is 0 Å². The van der Waals surface area contributed by atoms with Crippen LogP contribution in [0.4, 0.5) is 4.79 Å². The third-order valence-corrected chi connectivity index (χ3v) is 7.61. The van der Waals surface area contributed by atoms with E-state index in [1.807, 2.05) is 31.2 Å². The second kappa shape index (κ2) is 10.2. The molecule has 2 aromatic heterocycles. The number of carbonyl (C=O) groups is 1. The predicted molar refractivity (Wildman–Crippen MR) is 147 cm³/mol. The average Bonchev–Trinajstić information content (AvgIpc) is 3.58. The van der Waals surface area contributed by atoms with Crippen LogP contribution in [-0.2, 0) is 17.7 Å². The molecule has 1 atom stereocenters. The second-order valence-corrected chi connectivity index (χ2v) is 10.2. The number of nitrogens with one attached hydrogen (secondary N) is 1. The summed E-state index contributed by atoms with van der Waals surface area (Å²) in [5, 5.41) is 12.6. The number of rotatable bonds is 6. The Morgan fingerprint density at radius 2 is 2.10 bits per heavy atom. The van der Waals surface area contributed by atoms with Crippen molar-refractivity contribution in [2.45, 2.75) is 26.0 Å². The molecular weight excluding hydrogens is 514 g/mol. The highest BCUT2D eigenvalue weighted by molar-refractivity contribution is 7.22. The number of hydrogen-bond donors (Lipinski definition) is 1. The summed E-state index contributed by atoms with van der Waals surface area (Å²) in [5.41, 5.74) is 6.81. The van der Waals surface area contributed by atoms with Crippen LogP contribution < -0.4 is 14.8 Å². The molecule has 10 heteroatoms. The van der Waals surface area contributed by atoms with E-state index in [-0.39, 0.29) is 19.3 Å². The molecule has 1 amide bonds. The molecule has 39 heavy (non-hydrogen) atoms. The van der Waals surface area contributed by atoms with Gasteiger partial charge in [-0.05, 0) is 54.4 Å². The number of aromatic nitrogens is 3. The number of methoxy groups -OCH3 is 1. The first-order chi connectivity index (χ1) is 19.0. The SMILES string of the molecule is COc1cnc2c(-c3nc4ccc5c(c4s3)C[C@@H](COC(=O)NCc3cccc(C#N)c3)O5)cc(C)cc2n1. The van der Waals surface area contributed by atoms with E-state index in [1.54, 1.807) is 42.8 Å². The number of alkyl carbamates (subject to hydrolysis) is 1. The molecule has 9 nitrogen and oxygen atoms in total. The smallest absolute Gasteiger partial charge is 0.407 e. The van der Waals surface area contributed by atoms with Crippen LogP contribution >= 0.6 is 11.3 Å². The fourth-order valence-corrected chi connectivity index (χ4v) is 5.77. The Labute approximate surface area is 228 Å². The number of hydrogen-bond acceptors (Lipinski definition) is 9. The molecule has 0 spiro atoms. The maximum absolute atomic E-state index is 12.3. The van der Waals surface area contributed by atoms with Crippen LogP contribution in [0.3, 0.4) is 0 Å². The summed E-state index contributed by atoms with van der Waals surface area (Å²) in [6.07, 6.45) is 1.40. The molecule has 1 aliphatic heterocycles. The zero-order valence-corrected chi connectivity index (χ0v) is 22.0. The summed E-state index contributed by atoms with van der Waals surface area (Å²) in [6.45, 7) is 2.41. The zero-order valence-electron chi connectivity index (χ0n) is 21.2. The van der Waals surface area contributed by atoms with Gasteiger partial charge in [-0.2, -0.15) is 5.26 Å². The highest BCUT2D eigenvalue weighted by Gasteiger charge is 2.28. The van der Waals surface area contributed by atoms with Crippen molar-refractivity contribution in [1.82, 2.24) is 20.3 Å². The highest BCUT2D eigenvalue weighted by atomic mass is 32.1. The van der Waals surface area contributed by atoms with Crippen molar-refractivity contribution in [3.05, 3.63) is 77.0 Å². The Balaban J connectivity index is 1.17. The maximum Gasteiger partial charge on any atom is 0.407 e. The van der Waals surface area contributed by atoms with E-state index >= 15 is 0 Å². The van der Waals surface area contributed by atoms with Gasteiger partial charge in [0.15, 0.2) is 0 Å².